The Bertz CT molecular complexity index is 403. The molecule has 3 nitrogen and oxygen atoms in total. The summed E-state index contributed by atoms with van der Waals surface area (Å²) in [5, 5.41) is 0.695. The maximum atomic E-state index is 6.16. The van der Waals surface area contributed by atoms with E-state index in [1.165, 1.54) is 5.56 Å². The molecule has 1 heterocycles. The minimum Gasteiger partial charge on any atom is -0.490 e. The molecule has 4 heteroatoms. The van der Waals surface area contributed by atoms with Gasteiger partial charge >= 0.3 is 0 Å². The van der Waals surface area contributed by atoms with Crippen molar-refractivity contribution in [1.82, 2.24) is 4.90 Å². The van der Waals surface area contributed by atoms with Gasteiger partial charge in [-0.1, -0.05) is 17.7 Å². The first kappa shape index (κ1) is 13.7. The van der Waals surface area contributed by atoms with Gasteiger partial charge in [0.05, 0.1) is 18.2 Å². The Morgan fingerprint density at radius 1 is 1.28 bits per heavy atom. The van der Waals surface area contributed by atoms with Crippen molar-refractivity contribution in [1.29, 1.82) is 0 Å². The molecule has 0 saturated carbocycles. The number of aryl methyl sites for hydroxylation is 1. The molecule has 0 aliphatic carbocycles. The lowest BCUT2D eigenvalue weighted by atomic mass is 10.1. The molecule has 100 valence electrons. The lowest BCUT2D eigenvalue weighted by Gasteiger charge is -2.26. The third-order valence-electron chi connectivity index (χ3n) is 3.39. The first-order valence-corrected chi connectivity index (χ1v) is 6.75. The molecule has 1 aliphatic heterocycles. The van der Waals surface area contributed by atoms with Gasteiger partial charge in [-0.2, -0.15) is 0 Å². The van der Waals surface area contributed by atoms with E-state index in [9.17, 15) is 0 Å². The topological polar surface area (TPSA) is 21.7 Å². The Morgan fingerprint density at radius 3 is 2.72 bits per heavy atom. The molecule has 18 heavy (non-hydrogen) atoms. The number of rotatable bonds is 4. The largest absolute Gasteiger partial charge is 0.490 e. The summed E-state index contributed by atoms with van der Waals surface area (Å²) in [4.78, 5) is 2.35. The van der Waals surface area contributed by atoms with E-state index in [-0.39, 0.29) is 0 Å². The van der Waals surface area contributed by atoms with E-state index >= 15 is 0 Å². The second-order valence-corrected chi connectivity index (χ2v) is 5.03. The van der Waals surface area contributed by atoms with Gasteiger partial charge in [0.2, 0.25) is 0 Å². The van der Waals surface area contributed by atoms with Crippen molar-refractivity contribution < 1.29 is 9.47 Å². The predicted molar refractivity (Wildman–Crippen MR) is 73.7 cm³/mol. The van der Waals surface area contributed by atoms with Crippen LogP contribution in [0, 0.1) is 13.8 Å². The molecule has 1 fully saturated rings. The zero-order valence-electron chi connectivity index (χ0n) is 11.0. The minimum atomic E-state index is 0.671. The average molecular weight is 270 g/mol. The van der Waals surface area contributed by atoms with Crippen LogP contribution in [-0.2, 0) is 4.74 Å². The summed E-state index contributed by atoms with van der Waals surface area (Å²) in [6.45, 7) is 9.34. The number of halogens is 1. The summed E-state index contributed by atoms with van der Waals surface area (Å²) >= 11 is 6.16. The van der Waals surface area contributed by atoms with Crippen LogP contribution in [0.2, 0.25) is 5.02 Å². The lowest BCUT2D eigenvalue weighted by Crippen LogP contribution is -2.38. The predicted octanol–water partition coefficient (Wildman–Crippen LogP) is 2.67. The van der Waals surface area contributed by atoms with Gasteiger partial charge in [-0.05, 0) is 31.0 Å². The molecule has 0 unspecified atom stereocenters. The molecule has 0 amide bonds. The van der Waals surface area contributed by atoms with Crippen LogP contribution in [0.25, 0.3) is 0 Å². The normalized spacial score (nSPS) is 16.8. The fraction of sp³-hybridized carbons (Fsp3) is 0.571. The average Bonchev–Trinajstić information content (AvgIpc) is 2.39. The monoisotopic (exact) mass is 269 g/mol. The van der Waals surface area contributed by atoms with Crippen LogP contribution in [0.3, 0.4) is 0 Å². The van der Waals surface area contributed by atoms with Crippen LogP contribution in [0.4, 0.5) is 0 Å². The summed E-state index contributed by atoms with van der Waals surface area (Å²) < 4.78 is 11.2. The van der Waals surface area contributed by atoms with Crippen LogP contribution in [-0.4, -0.2) is 44.4 Å². The van der Waals surface area contributed by atoms with E-state index in [4.69, 9.17) is 21.1 Å². The maximum Gasteiger partial charge on any atom is 0.141 e. The van der Waals surface area contributed by atoms with Crippen molar-refractivity contribution in [2.24, 2.45) is 0 Å². The molecule has 0 N–H and O–H groups in total. The van der Waals surface area contributed by atoms with E-state index in [2.05, 4.69) is 11.8 Å². The van der Waals surface area contributed by atoms with E-state index in [1.54, 1.807) is 0 Å². The van der Waals surface area contributed by atoms with Gasteiger partial charge in [0.25, 0.3) is 0 Å². The van der Waals surface area contributed by atoms with Crippen LogP contribution in [0.1, 0.15) is 11.1 Å². The van der Waals surface area contributed by atoms with Crippen LogP contribution < -0.4 is 4.74 Å². The highest BCUT2D eigenvalue weighted by atomic mass is 35.5. The van der Waals surface area contributed by atoms with Gasteiger partial charge < -0.3 is 9.47 Å². The number of nitrogens with zero attached hydrogens (tertiary/aromatic N) is 1. The van der Waals surface area contributed by atoms with Crippen molar-refractivity contribution in [3.63, 3.8) is 0 Å². The lowest BCUT2D eigenvalue weighted by molar-refractivity contribution is 0.0322. The molecule has 1 aliphatic rings. The van der Waals surface area contributed by atoms with E-state index in [1.807, 2.05) is 19.1 Å². The summed E-state index contributed by atoms with van der Waals surface area (Å²) in [7, 11) is 0. The second-order valence-electron chi connectivity index (χ2n) is 4.62. The quantitative estimate of drug-likeness (QED) is 0.839. The minimum absolute atomic E-state index is 0.671. The Labute approximate surface area is 114 Å². The van der Waals surface area contributed by atoms with Crippen molar-refractivity contribution in [2.75, 3.05) is 39.5 Å². The summed E-state index contributed by atoms with van der Waals surface area (Å²) in [6, 6.07) is 3.92. The molecule has 0 atom stereocenters. The number of hydrogen-bond acceptors (Lipinski definition) is 3. The SMILES string of the molecule is Cc1ccc(Cl)c(OCCN2CCOCC2)c1C. The highest BCUT2D eigenvalue weighted by molar-refractivity contribution is 6.32. The molecule has 0 radical (unpaired) electrons. The third kappa shape index (κ3) is 3.37. The van der Waals surface area contributed by atoms with Crippen molar-refractivity contribution in [3.8, 4) is 5.75 Å². The zero-order chi connectivity index (χ0) is 13.0. The van der Waals surface area contributed by atoms with Crippen LogP contribution >= 0.6 is 11.6 Å². The number of benzene rings is 1. The zero-order valence-corrected chi connectivity index (χ0v) is 11.8. The van der Waals surface area contributed by atoms with Gasteiger partial charge in [0.15, 0.2) is 0 Å². The van der Waals surface area contributed by atoms with Gasteiger partial charge in [0, 0.05) is 19.6 Å². The first-order chi connectivity index (χ1) is 8.68. The van der Waals surface area contributed by atoms with Gasteiger partial charge in [-0.25, -0.2) is 0 Å². The molecule has 0 bridgehead atoms. The number of morpholine rings is 1. The second kappa shape index (κ2) is 6.41. The van der Waals surface area contributed by atoms with Crippen LogP contribution in [0.15, 0.2) is 12.1 Å². The van der Waals surface area contributed by atoms with Crippen LogP contribution in [0.5, 0.6) is 5.75 Å². The fourth-order valence-electron chi connectivity index (χ4n) is 2.04. The van der Waals surface area contributed by atoms with Gasteiger partial charge in [-0.15, -0.1) is 0 Å². The maximum absolute atomic E-state index is 6.16. The standard InChI is InChI=1S/C14H20ClNO2/c1-11-3-4-13(15)14(12(11)2)18-10-7-16-5-8-17-9-6-16/h3-4H,5-10H2,1-2H3. The summed E-state index contributed by atoms with van der Waals surface area (Å²) in [5.74, 6) is 0.824. The Balaban J connectivity index is 1.88. The smallest absolute Gasteiger partial charge is 0.141 e. The fourth-order valence-corrected chi connectivity index (χ4v) is 2.30. The summed E-state index contributed by atoms with van der Waals surface area (Å²) in [6.07, 6.45) is 0. The Hall–Kier alpha value is -0.770. The highest BCUT2D eigenvalue weighted by Crippen LogP contribution is 2.30. The molecular weight excluding hydrogens is 250 g/mol. The molecule has 0 spiro atoms. The van der Waals surface area contributed by atoms with Crippen molar-refractivity contribution in [2.45, 2.75) is 13.8 Å². The molecule has 1 saturated heterocycles. The number of hydrogen-bond donors (Lipinski definition) is 0. The molecule has 0 aromatic heterocycles. The first-order valence-electron chi connectivity index (χ1n) is 6.37. The molecule has 2 rings (SSSR count). The van der Waals surface area contributed by atoms with Gasteiger partial charge in [0.1, 0.15) is 12.4 Å². The molecule has 1 aromatic rings. The van der Waals surface area contributed by atoms with Crippen molar-refractivity contribution >= 4 is 11.6 Å². The van der Waals surface area contributed by atoms with E-state index in [0.717, 1.165) is 44.2 Å². The molecule has 1 aromatic carbocycles. The van der Waals surface area contributed by atoms with E-state index in [0.29, 0.717) is 11.6 Å². The Kier molecular flexibility index (Phi) is 4.87. The summed E-state index contributed by atoms with van der Waals surface area (Å²) in [5.41, 5.74) is 2.34. The number of ether oxygens (including phenoxy) is 2. The van der Waals surface area contributed by atoms with Gasteiger partial charge in [-0.3, -0.25) is 4.90 Å². The third-order valence-corrected chi connectivity index (χ3v) is 3.68. The van der Waals surface area contributed by atoms with Crippen molar-refractivity contribution in [3.05, 3.63) is 28.3 Å². The highest BCUT2D eigenvalue weighted by Gasteiger charge is 2.11. The Morgan fingerprint density at radius 2 is 2.00 bits per heavy atom. The van der Waals surface area contributed by atoms with E-state index < -0.39 is 0 Å². The molecular formula is C14H20ClNO2.